The van der Waals surface area contributed by atoms with E-state index in [0.717, 1.165) is 0 Å². The zero-order valence-corrected chi connectivity index (χ0v) is 3.64. The van der Waals surface area contributed by atoms with Crippen molar-refractivity contribution in [1.82, 2.24) is 0 Å². The minimum absolute atomic E-state index is 0.0162. The SMILES string of the molecule is CC(=O)/C=C\N. The fourth-order valence-corrected chi connectivity index (χ4v) is 0.136. The normalized spacial score (nSPS) is 9.50. The molecular formula is C4H7NO. The summed E-state index contributed by atoms with van der Waals surface area (Å²) < 4.78 is 0. The Hall–Kier alpha value is -0.790. The van der Waals surface area contributed by atoms with Crippen LogP contribution in [-0.4, -0.2) is 5.78 Å². The first-order valence-electron chi connectivity index (χ1n) is 1.66. The fraction of sp³-hybridized carbons (Fsp3) is 0.250. The molecule has 0 spiro atoms. The minimum atomic E-state index is -0.0162. The third-order valence-electron chi connectivity index (χ3n) is 0.331. The maximum atomic E-state index is 9.88. The van der Waals surface area contributed by atoms with Crippen molar-refractivity contribution in [2.24, 2.45) is 5.73 Å². The van der Waals surface area contributed by atoms with Gasteiger partial charge in [-0.2, -0.15) is 0 Å². The Morgan fingerprint density at radius 2 is 2.33 bits per heavy atom. The molecule has 0 saturated carbocycles. The minimum Gasteiger partial charge on any atom is -0.404 e. The van der Waals surface area contributed by atoms with E-state index >= 15 is 0 Å². The molecular weight excluding hydrogens is 78.0 g/mol. The quantitative estimate of drug-likeness (QED) is 0.457. The maximum Gasteiger partial charge on any atom is 0.154 e. The lowest BCUT2D eigenvalue weighted by Crippen LogP contribution is -1.83. The third-order valence-corrected chi connectivity index (χ3v) is 0.331. The van der Waals surface area contributed by atoms with Gasteiger partial charge in [-0.05, 0) is 19.2 Å². The van der Waals surface area contributed by atoms with Crippen molar-refractivity contribution in [3.05, 3.63) is 12.3 Å². The molecule has 2 heteroatoms. The molecule has 0 aliphatic heterocycles. The second kappa shape index (κ2) is 2.45. The molecule has 2 nitrogen and oxygen atoms in total. The van der Waals surface area contributed by atoms with E-state index in [1.54, 1.807) is 0 Å². The number of carbonyl (C=O) groups excluding carboxylic acids is 1. The van der Waals surface area contributed by atoms with Gasteiger partial charge in [0, 0.05) is 0 Å². The van der Waals surface area contributed by atoms with E-state index in [2.05, 4.69) is 0 Å². The van der Waals surface area contributed by atoms with E-state index in [1.165, 1.54) is 19.2 Å². The Morgan fingerprint density at radius 3 is 2.33 bits per heavy atom. The topological polar surface area (TPSA) is 43.1 Å². The van der Waals surface area contributed by atoms with Crippen molar-refractivity contribution in [2.45, 2.75) is 6.92 Å². The van der Waals surface area contributed by atoms with E-state index < -0.39 is 0 Å². The van der Waals surface area contributed by atoms with Crippen molar-refractivity contribution in [3.63, 3.8) is 0 Å². The second-order valence-electron chi connectivity index (χ2n) is 0.970. The van der Waals surface area contributed by atoms with E-state index in [0.29, 0.717) is 0 Å². The molecule has 0 aliphatic rings. The van der Waals surface area contributed by atoms with Crippen molar-refractivity contribution in [2.75, 3.05) is 0 Å². The number of rotatable bonds is 1. The fourth-order valence-electron chi connectivity index (χ4n) is 0.136. The van der Waals surface area contributed by atoms with Crippen LogP contribution in [0.2, 0.25) is 0 Å². The van der Waals surface area contributed by atoms with Crippen LogP contribution in [0.25, 0.3) is 0 Å². The summed E-state index contributed by atoms with van der Waals surface area (Å²) >= 11 is 0. The van der Waals surface area contributed by atoms with Crippen LogP contribution in [0.15, 0.2) is 12.3 Å². The monoisotopic (exact) mass is 85.1 g/mol. The maximum absolute atomic E-state index is 9.88. The molecule has 0 unspecified atom stereocenters. The lowest BCUT2D eigenvalue weighted by atomic mass is 10.4. The van der Waals surface area contributed by atoms with Gasteiger partial charge >= 0.3 is 0 Å². The Kier molecular flexibility index (Phi) is 2.13. The molecule has 0 heterocycles. The number of nitrogens with two attached hydrogens (primary N) is 1. The molecule has 0 saturated heterocycles. The molecule has 0 atom stereocenters. The Bertz CT molecular complexity index is 75.6. The van der Waals surface area contributed by atoms with Gasteiger partial charge in [-0.25, -0.2) is 0 Å². The predicted molar refractivity (Wildman–Crippen MR) is 24.0 cm³/mol. The van der Waals surface area contributed by atoms with Crippen molar-refractivity contribution in [1.29, 1.82) is 0 Å². The van der Waals surface area contributed by atoms with Gasteiger partial charge in [-0.15, -0.1) is 0 Å². The molecule has 0 rings (SSSR count). The molecule has 0 radical (unpaired) electrons. The van der Waals surface area contributed by atoms with Gasteiger partial charge < -0.3 is 5.73 Å². The van der Waals surface area contributed by atoms with Crippen LogP contribution in [0.3, 0.4) is 0 Å². The zero-order valence-electron chi connectivity index (χ0n) is 3.64. The summed E-state index contributed by atoms with van der Waals surface area (Å²) in [5.74, 6) is -0.0162. The smallest absolute Gasteiger partial charge is 0.154 e. The van der Waals surface area contributed by atoms with Gasteiger partial charge in [-0.1, -0.05) is 0 Å². The molecule has 0 aliphatic carbocycles. The number of hydrogen-bond acceptors (Lipinski definition) is 2. The average molecular weight is 85.1 g/mol. The van der Waals surface area contributed by atoms with Gasteiger partial charge in [0.2, 0.25) is 0 Å². The molecule has 0 amide bonds. The molecule has 0 fully saturated rings. The summed E-state index contributed by atoms with van der Waals surface area (Å²) in [6.45, 7) is 1.45. The third kappa shape index (κ3) is 3.21. The first kappa shape index (κ1) is 5.21. The average Bonchev–Trinajstić information content (AvgIpc) is 1.35. The predicted octanol–water partition coefficient (Wildman–Crippen LogP) is 0.0478. The number of carbonyl (C=O) groups is 1. The van der Waals surface area contributed by atoms with Crippen LogP contribution in [0.5, 0.6) is 0 Å². The van der Waals surface area contributed by atoms with Crippen molar-refractivity contribution in [3.8, 4) is 0 Å². The van der Waals surface area contributed by atoms with E-state index in [4.69, 9.17) is 5.73 Å². The van der Waals surface area contributed by atoms with E-state index in [9.17, 15) is 4.79 Å². The van der Waals surface area contributed by atoms with Gasteiger partial charge in [0.15, 0.2) is 5.78 Å². The van der Waals surface area contributed by atoms with Crippen LogP contribution in [-0.2, 0) is 4.79 Å². The summed E-state index contributed by atoms with van der Waals surface area (Å²) in [5.41, 5.74) is 4.83. The first-order valence-corrected chi connectivity index (χ1v) is 1.66. The van der Waals surface area contributed by atoms with Crippen LogP contribution in [0, 0.1) is 0 Å². The van der Waals surface area contributed by atoms with Gasteiger partial charge in [-0.3, -0.25) is 4.79 Å². The summed E-state index contributed by atoms with van der Waals surface area (Å²) in [4.78, 5) is 9.88. The largest absolute Gasteiger partial charge is 0.404 e. The molecule has 0 aromatic carbocycles. The van der Waals surface area contributed by atoms with Crippen LogP contribution in [0.1, 0.15) is 6.92 Å². The van der Waals surface area contributed by atoms with Gasteiger partial charge in [0.1, 0.15) is 0 Å². The van der Waals surface area contributed by atoms with E-state index in [1.807, 2.05) is 0 Å². The summed E-state index contributed by atoms with van der Waals surface area (Å²) in [5, 5.41) is 0. The van der Waals surface area contributed by atoms with Crippen LogP contribution in [0.4, 0.5) is 0 Å². The highest BCUT2D eigenvalue weighted by atomic mass is 16.1. The Morgan fingerprint density at radius 1 is 1.83 bits per heavy atom. The summed E-state index contributed by atoms with van der Waals surface area (Å²) in [6.07, 6.45) is 2.53. The van der Waals surface area contributed by atoms with Crippen LogP contribution >= 0.6 is 0 Å². The highest BCUT2D eigenvalue weighted by Crippen LogP contribution is 1.64. The standard InChI is InChI=1S/C4H7NO/c1-4(6)2-3-5/h2-3H,5H2,1H3/b3-2-. The molecule has 2 N–H and O–H groups in total. The van der Waals surface area contributed by atoms with Crippen LogP contribution < -0.4 is 5.73 Å². The Balaban J connectivity index is 3.30. The number of allylic oxidation sites excluding steroid dienone is 1. The zero-order chi connectivity index (χ0) is 4.99. The molecule has 34 valence electrons. The van der Waals surface area contributed by atoms with Gasteiger partial charge in [0.25, 0.3) is 0 Å². The first-order chi connectivity index (χ1) is 2.77. The van der Waals surface area contributed by atoms with E-state index in [-0.39, 0.29) is 5.78 Å². The van der Waals surface area contributed by atoms with Gasteiger partial charge in [0.05, 0.1) is 0 Å². The summed E-state index contributed by atoms with van der Waals surface area (Å²) in [6, 6.07) is 0. The highest BCUT2D eigenvalue weighted by Gasteiger charge is 1.73. The summed E-state index contributed by atoms with van der Waals surface area (Å²) in [7, 11) is 0. The molecule has 6 heavy (non-hydrogen) atoms. The molecule has 0 aromatic heterocycles. The Labute approximate surface area is 36.6 Å². The molecule has 0 bridgehead atoms. The van der Waals surface area contributed by atoms with Crippen molar-refractivity contribution >= 4 is 5.78 Å². The number of hydrogen-bond donors (Lipinski definition) is 1. The second-order valence-corrected chi connectivity index (χ2v) is 0.970. The number of ketones is 1. The lowest BCUT2D eigenvalue weighted by molar-refractivity contribution is -0.112. The highest BCUT2D eigenvalue weighted by molar-refractivity contribution is 5.86. The van der Waals surface area contributed by atoms with Crippen molar-refractivity contribution < 1.29 is 4.79 Å². The molecule has 0 aromatic rings. The lowest BCUT2D eigenvalue weighted by Gasteiger charge is -1.68.